The molecule has 29 nitrogen and oxygen atoms in total. The van der Waals surface area contributed by atoms with Crippen molar-refractivity contribution < 1.29 is 22.8 Å². The second-order valence-electron chi connectivity index (χ2n) is 36.1. The third kappa shape index (κ3) is 17.9. The number of aromatic nitrogens is 12. The summed E-state index contributed by atoms with van der Waals surface area (Å²) in [6.45, 7) is 44.8. The van der Waals surface area contributed by atoms with Crippen LogP contribution in [0.25, 0.3) is 111 Å². The van der Waals surface area contributed by atoms with Gasteiger partial charge in [0.25, 0.3) is 0 Å². The molecule has 1 aliphatic carbocycles. The van der Waals surface area contributed by atoms with Crippen LogP contribution >= 0.6 is 0 Å². The van der Waals surface area contributed by atoms with Gasteiger partial charge in [-0.25, -0.2) is 39.1 Å². The maximum absolute atomic E-state index is 13.0. The van der Waals surface area contributed by atoms with Gasteiger partial charge >= 0.3 is 22.5 Å². The molecular formula is C100H114N20O9. The molecule has 129 heavy (non-hydrogen) atoms. The molecule has 0 bridgehead atoms. The van der Waals surface area contributed by atoms with Gasteiger partial charge in [-0.2, -0.15) is 0 Å². The van der Waals surface area contributed by atoms with Gasteiger partial charge in [0, 0.05) is 194 Å². The van der Waals surface area contributed by atoms with Crippen molar-refractivity contribution in [1.82, 2.24) is 77.1 Å². The molecule has 12 aromatic heterocycles. The Morgan fingerprint density at radius 3 is 0.946 bits per heavy atom. The highest BCUT2D eigenvalue weighted by atomic mass is 16.4. The Kier molecular flexibility index (Phi) is 24.3. The topological polar surface area (TPSA) is 288 Å². The molecule has 4 aromatic carbocycles. The first kappa shape index (κ1) is 86.9. The van der Waals surface area contributed by atoms with Gasteiger partial charge in [-0.3, -0.25) is 39.5 Å². The molecule has 1 N–H and O–H groups in total. The molecule has 0 unspecified atom stereocenters. The number of rotatable bonds is 14. The molecular weight excluding hydrogens is 1630 g/mol. The lowest BCUT2D eigenvalue weighted by atomic mass is 9.89. The van der Waals surface area contributed by atoms with Gasteiger partial charge in [0.15, 0.2) is 45.6 Å². The fourth-order valence-electron chi connectivity index (χ4n) is 19.7. The molecule has 4 atom stereocenters. The van der Waals surface area contributed by atoms with Crippen LogP contribution in [0.5, 0.6) is 0 Å². The molecule has 29 heteroatoms. The van der Waals surface area contributed by atoms with E-state index in [9.17, 15) is 24.3 Å². The number of imidazole rings is 4. The van der Waals surface area contributed by atoms with Crippen LogP contribution in [0.15, 0.2) is 183 Å². The number of hydrogen-bond acceptors (Lipinski definition) is 25. The average Bonchev–Trinajstić information content (AvgIpc) is 1.74. The zero-order valence-corrected chi connectivity index (χ0v) is 76.4. The Labute approximate surface area is 747 Å². The molecule has 5 aliphatic rings. The number of fused-ring (bicyclic) bond motifs is 8. The number of β-amino-alcohol motifs (C(OH)–C–C–N with tert-alkyl or cyclic N) is 1. The van der Waals surface area contributed by atoms with E-state index in [4.69, 9.17) is 17.7 Å². The Morgan fingerprint density at radius 1 is 0.364 bits per heavy atom. The third-order valence-electron chi connectivity index (χ3n) is 26.4. The number of anilines is 4. The van der Waals surface area contributed by atoms with Crippen LogP contribution in [0.4, 0.5) is 22.7 Å². The number of benzene rings is 4. The molecule has 0 spiro atoms. The number of nitrogens with zero attached hydrogens (tertiary/aromatic N) is 20. The van der Waals surface area contributed by atoms with E-state index in [-0.39, 0.29) is 29.1 Å². The predicted octanol–water partition coefficient (Wildman–Crippen LogP) is 14.9. The molecule has 4 aliphatic heterocycles. The maximum atomic E-state index is 13.0. The fourth-order valence-corrected chi connectivity index (χ4v) is 19.7. The van der Waals surface area contributed by atoms with Gasteiger partial charge < -0.3 is 60.0 Å². The third-order valence-corrected chi connectivity index (χ3v) is 26.4. The molecule has 0 amide bonds. The number of aryl methyl sites for hydroxylation is 8. The predicted molar refractivity (Wildman–Crippen MR) is 509 cm³/mol. The first-order valence-corrected chi connectivity index (χ1v) is 45.4. The van der Waals surface area contributed by atoms with E-state index in [1.807, 2.05) is 195 Å². The van der Waals surface area contributed by atoms with Crippen LogP contribution in [-0.4, -0.2) is 217 Å². The molecule has 1 saturated carbocycles. The van der Waals surface area contributed by atoms with Crippen LogP contribution in [-0.2, 0) is 0 Å². The summed E-state index contributed by atoms with van der Waals surface area (Å²) in [4.78, 5) is 107. The van der Waals surface area contributed by atoms with Crippen molar-refractivity contribution in [1.29, 1.82) is 0 Å². The van der Waals surface area contributed by atoms with Crippen LogP contribution in [0.1, 0.15) is 120 Å². The van der Waals surface area contributed by atoms with E-state index >= 15 is 0 Å². The van der Waals surface area contributed by atoms with Gasteiger partial charge in [-0.05, 0) is 217 Å². The molecule has 16 heterocycles. The van der Waals surface area contributed by atoms with Crippen molar-refractivity contribution in [3.63, 3.8) is 0 Å². The maximum Gasteiger partial charge on any atom is 0.344 e. The van der Waals surface area contributed by atoms with E-state index in [2.05, 4.69) is 152 Å². The first-order valence-electron chi connectivity index (χ1n) is 45.4. The lowest BCUT2D eigenvalue weighted by molar-refractivity contribution is 0.0775. The van der Waals surface area contributed by atoms with Crippen molar-refractivity contribution >= 4 is 88.4 Å². The number of hydrogen-bond donors (Lipinski definition) is 1. The number of piperazine rings is 4. The van der Waals surface area contributed by atoms with Crippen LogP contribution in [0, 0.1) is 55.4 Å². The Balaban J connectivity index is 0.000000116. The van der Waals surface area contributed by atoms with E-state index in [1.165, 1.54) is 25.7 Å². The summed E-state index contributed by atoms with van der Waals surface area (Å²) in [5.74, 6) is 1.86. The quantitative estimate of drug-likeness (QED) is 0.106. The van der Waals surface area contributed by atoms with Gasteiger partial charge in [0.2, 0.25) is 0 Å². The fraction of sp³-hybridized carbons (Fsp3) is 0.400. The summed E-state index contributed by atoms with van der Waals surface area (Å²) in [5, 5.41) is 15.0. The SMILES string of the molecule is CCCN1CCN(c2ccc3cc(-c4cn5cc(C)nc(C)c5n4)oc(=O)c3c2)C[C@H]1C.Cc1cn2cc(-c3cc4ccc(N5CCN(C(C)C)[C@H](C)C5)cc4c(=O)o3)nc2c(C)n1.Cc1cn2cc(-c3cc4ccc(N5CCN(C6CCC6)[C@H](C)C5)cc4c(=O)o3)nc2c(C)n1.Cc1cn2cc(-c3cc4ccc(N5CCN(CCO)[C@H](C)C5)cc4c(=O)o3)nc2c(C)n1. The lowest BCUT2D eigenvalue weighted by Gasteiger charge is -2.47. The molecule has 4 saturated heterocycles. The summed E-state index contributed by atoms with van der Waals surface area (Å²) in [6, 6.07) is 35.0. The normalized spacial score (nSPS) is 18.2. The molecule has 0 radical (unpaired) electrons. The van der Waals surface area contributed by atoms with Crippen molar-refractivity contribution in [3.8, 4) is 45.8 Å². The molecule has 16 aromatic rings. The molecule has 5 fully saturated rings. The molecule has 21 rings (SSSR count). The highest BCUT2D eigenvalue weighted by molar-refractivity contribution is 5.91. The molecule has 668 valence electrons. The van der Waals surface area contributed by atoms with Crippen LogP contribution in [0.3, 0.4) is 0 Å². The zero-order valence-electron chi connectivity index (χ0n) is 76.4. The van der Waals surface area contributed by atoms with Crippen molar-refractivity contribution in [2.45, 2.75) is 166 Å². The van der Waals surface area contributed by atoms with E-state index < -0.39 is 0 Å². The second-order valence-corrected chi connectivity index (χ2v) is 36.1. The number of aliphatic hydroxyl groups is 1. The smallest absolute Gasteiger partial charge is 0.344 e. The van der Waals surface area contributed by atoms with E-state index in [0.717, 1.165) is 204 Å². The van der Waals surface area contributed by atoms with Gasteiger partial charge in [0.05, 0.1) is 73.7 Å². The van der Waals surface area contributed by atoms with Gasteiger partial charge in [0.1, 0.15) is 22.8 Å². The monoisotopic (exact) mass is 1740 g/mol. The average molecular weight is 1740 g/mol. The lowest BCUT2D eigenvalue weighted by Crippen LogP contribution is -2.57. The minimum absolute atomic E-state index is 0.172. The van der Waals surface area contributed by atoms with Crippen molar-refractivity contribution in [2.75, 3.05) is 118 Å². The zero-order chi connectivity index (χ0) is 90.1. The minimum Gasteiger partial charge on any atom is -0.421 e. The van der Waals surface area contributed by atoms with Crippen LogP contribution < -0.4 is 42.1 Å². The Morgan fingerprint density at radius 2 is 0.667 bits per heavy atom. The standard InChI is InChI=1S/C26H29N5O2.2C25H29N5O2.C24H27N5O3/c1-16-13-30-15-23(28-25(30)18(3)27-16)24-11-19-7-8-21(12-22(19)26(32)33-24)29-9-10-31(17(2)14-29)20-5-4-6-20;1-15(2)30-9-8-28(13-17(30)4)20-7-6-19-10-23(32-25(31)21(19)11-20)22-14-29-12-16(3)26-18(5)24(29)27-22;1-5-8-28-9-10-29(14-17(28)3)20-7-6-19-11-23(32-25(31)21(19)12-20)22-15-30-13-16(2)26-18(4)24(30)27-22;1-15-12-29-14-21(26-23(29)17(3)25-15)22-10-18-4-5-19(11-20(18)24(31)32-22)28-7-6-27(8-9-30)16(2)13-28/h7-8,11-13,15,17,20H,4-6,9-10,14H2,1-3H3;6-7,10-12,14-15,17H,8-9,13H2,1-5H3;6-7,11-13,15,17H,5,8-10,14H2,1-4H3;4-5,10-12,14,16,30H,6-9,13H2,1-3H3/t3*17-;16-/m1111/s1. The van der Waals surface area contributed by atoms with Gasteiger partial charge in [-0.1, -0.05) is 37.6 Å². The largest absolute Gasteiger partial charge is 0.421 e. The van der Waals surface area contributed by atoms with Crippen LogP contribution in [0.2, 0.25) is 0 Å². The van der Waals surface area contributed by atoms with E-state index in [1.54, 1.807) is 0 Å². The number of aliphatic hydroxyl groups excluding tert-OH is 1. The summed E-state index contributed by atoms with van der Waals surface area (Å²) >= 11 is 0. The summed E-state index contributed by atoms with van der Waals surface area (Å²) in [6.07, 6.45) is 20.4. The highest BCUT2D eigenvalue weighted by Crippen LogP contribution is 2.36. The first-order chi connectivity index (χ1) is 62.1. The second kappa shape index (κ2) is 36.0. The highest BCUT2D eigenvalue weighted by Gasteiger charge is 2.34. The minimum atomic E-state index is -0.366. The summed E-state index contributed by atoms with van der Waals surface area (Å²) in [5.41, 5.74) is 15.4. The van der Waals surface area contributed by atoms with E-state index in [0.29, 0.717) is 104 Å². The van der Waals surface area contributed by atoms with Crippen molar-refractivity contribution in [3.05, 3.63) is 234 Å². The van der Waals surface area contributed by atoms with Crippen molar-refractivity contribution in [2.24, 2.45) is 0 Å². The van der Waals surface area contributed by atoms with Gasteiger partial charge in [-0.15, -0.1) is 0 Å². The summed E-state index contributed by atoms with van der Waals surface area (Å²) < 4.78 is 30.5. The Bertz CT molecular complexity index is 6990. The Hall–Kier alpha value is -12.8. The summed E-state index contributed by atoms with van der Waals surface area (Å²) in [7, 11) is 0.